The van der Waals surface area contributed by atoms with Crippen LogP contribution in [0.15, 0.2) is 48.5 Å². The summed E-state index contributed by atoms with van der Waals surface area (Å²) < 4.78 is 25.2. The minimum Gasteiger partial charge on any atom is -0.504 e. The number of carbonyl (C=O) groups excluding carboxylic acids is 3. The number of aromatic hydroxyl groups is 1. The number of carboxylic acids is 1. The fraction of sp³-hybridized carbons (Fsp3) is 0.543. The maximum absolute atomic E-state index is 11.8. The Bertz CT molecular complexity index is 1530. The number of hydrogen-bond donors (Lipinski definition) is 12. The summed E-state index contributed by atoms with van der Waals surface area (Å²) in [5.41, 5.74) is 6.79. The first kappa shape index (κ1) is 47.8. The van der Waals surface area contributed by atoms with E-state index in [0.717, 1.165) is 5.56 Å². The van der Waals surface area contributed by atoms with E-state index < -0.39 is 111 Å². The minimum atomic E-state index is -2.22. The van der Waals surface area contributed by atoms with E-state index in [-0.39, 0.29) is 12.2 Å². The molecule has 13 N–H and O–H groups in total. The lowest BCUT2D eigenvalue weighted by Crippen LogP contribution is -2.62. The van der Waals surface area contributed by atoms with Crippen molar-refractivity contribution in [3.8, 4) is 11.5 Å². The normalized spacial score (nSPS) is 27.9. The highest BCUT2D eigenvalue weighted by molar-refractivity contribution is 5.89. The lowest BCUT2D eigenvalue weighted by Gasteiger charge is -2.43. The van der Waals surface area contributed by atoms with Crippen LogP contribution in [0, 0.1) is 0 Å². The van der Waals surface area contributed by atoms with Crippen LogP contribution in [-0.4, -0.2) is 176 Å². The highest BCUT2D eigenvalue weighted by Crippen LogP contribution is 2.36. The van der Waals surface area contributed by atoms with Gasteiger partial charge in [0.2, 0.25) is 11.7 Å². The number of carboxylic acid groups (broad SMARTS) is 1. The van der Waals surface area contributed by atoms with Crippen LogP contribution in [0.3, 0.4) is 0 Å². The molecule has 0 bridgehead atoms. The predicted octanol–water partition coefficient (Wildman–Crippen LogP) is -4.10. The van der Waals surface area contributed by atoms with Crippen molar-refractivity contribution < 1.29 is 93.9 Å². The van der Waals surface area contributed by atoms with Crippen molar-refractivity contribution in [2.24, 2.45) is 5.73 Å². The zero-order valence-corrected chi connectivity index (χ0v) is 30.4. The molecule has 0 spiro atoms. The van der Waals surface area contributed by atoms with E-state index in [2.05, 4.69) is 10.1 Å². The Morgan fingerprint density at radius 2 is 1.59 bits per heavy atom. The molecule has 2 aliphatic rings. The summed E-state index contributed by atoms with van der Waals surface area (Å²) >= 11 is 0. The molecule has 2 heterocycles. The topological polar surface area (TPSA) is 355 Å². The van der Waals surface area contributed by atoms with Gasteiger partial charge in [0.25, 0.3) is 0 Å². The number of methoxy groups -OCH3 is 1. The highest BCUT2D eigenvalue weighted by Gasteiger charge is 2.58. The number of ether oxygens (including phenoxy) is 5. The van der Waals surface area contributed by atoms with E-state index in [9.17, 15) is 54.9 Å². The zero-order valence-electron chi connectivity index (χ0n) is 30.4. The fourth-order valence-corrected chi connectivity index (χ4v) is 5.25. The molecule has 0 saturated carbocycles. The van der Waals surface area contributed by atoms with Crippen LogP contribution >= 0.6 is 0 Å². The maximum atomic E-state index is 11.8. The molecule has 21 nitrogen and oxygen atoms in total. The quantitative estimate of drug-likeness (QED) is 0.0601. The number of aliphatic hydroxyl groups excluding tert-OH is 8. The van der Waals surface area contributed by atoms with Gasteiger partial charge in [0.05, 0.1) is 39.4 Å². The molecule has 11 atom stereocenters. The second kappa shape index (κ2) is 23.0. The first-order valence-corrected chi connectivity index (χ1v) is 17.1. The van der Waals surface area contributed by atoms with Gasteiger partial charge in [-0.25, -0.2) is 4.79 Å². The van der Waals surface area contributed by atoms with E-state index in [1.165, 1.54) is 25.3 Å². The molecule has 0 aliphatic carbocycles. The molecule has 2 saturated heterocycles. The molecule has 2 aromatic rings. The van der Waals surface area contributed by atoms with Gasteiger partial charge in [-0.15, -0.1) is 0 Å². The van der Waals surface area contributed by atoms with Crippen molar-refractivity contribution in [1.82, 2.24) is 5.32 Å². The monoisotopic (exact) mass is 802 g/mol. The van der Waals surface area contributed by atoms with Gasteiger partial charge >= 0.3 is 11.9 Å². The van der Waals surface area contributed by atoms with Crippen LogP contribution < -0.4 is 15.8 Å². The van der Waals surface area contributed by atoms with E-state index in [4.69, 9.17) is 40.0 Å². The van der Waals surface area contributed by atoms with E-state index >= 15 is 0 Å². The van der Waals surface area contributed by atoms with Gasteiger partial charge in [0, 0.05) is 12.0 Å². The van der Waals surface area contributed by atoms with E-state index in [1.54, 1.807) is 12.1 Å². The van der Waals surface area contributed by atoms with Crippen LogP contribution in [0.1, 0.15) is 29.3 Å². The molecule has 21 heteroatoms. The number of rotatable bonds is 15. The van der Waals surface area contributed by atoms with Crippen molar-refractivity contribution in [2.45, 2.75) is 86.7 Å². The van der Waals surface area contributed by atoms with Crippen molar-refractivity contribution in [3.63, 3.8) is 0 Å². The first-order valence-electron chi connectivity index (χ1n) is 17.1. The average Bonchev–Trinajstić information content (AvgIpc) is 3.43. The number of benzene rings is 2. The van der Waals surface area contributed by atoms with E-state index in [1.807, 2.05) is 25.1 Å². The van der Waals surface area contributed by atoms with Crippen LogP contribution in [-0.2, 0) is 39.8 Å². The van der Waals surface area contributed by atoms with Gasteiger partial charge in [-0.2, -0.15) is 0 Å². The van der Waals surface area contributed by atoms with Crippen molar-refractivity contribution in [3.05, 3.63) is 59.7 Å². The summed E-state index contributed by atoms with van der Waals surface area (Å²) in [7, 11) is 1.21. The van der Waals surface area contributed by atoms with Gasteiger partial charge < -0.3 is 85.8 Å². The number of aliphatic carboxylic acids is 1. The summed E-state index contributed by atoms with van der Waals surface area (Å²) in [6, 6.07) is 11.4. The number of carbonyl (C=O) groups is 4. The van der Waals surface area contributed by atoms with Crippen LogP contribution in [0.2, 0.25) is 0 Å². The van der Waals surface area contributed by atoms with Crippen molar-refractivity contribution in [2.75, 3.05) is 33.5 Å². The predicted molar refractivity (Wildman–Crippen MR) is 188 cm³/mol. The zero-order chi connectivity index (χ0) is 42.2. The standard InChI is InChI=1S/C14H18N2O5.C12H22O11.C9H10O3/c1-21-14(20)11(7-9-5-3-2-4-6-9)16-13(19)10(15)8-12(17)18;13-1-4-6(16)8(18)9(19)11(21-4)23-12(3-15)10(20)7(17)5(2-14)22-12;1-2-12-9-5-7(6-10)3-4-8(9)11/h2-6,10-11H,7-8,15H2,1H3,(H,16,19)(H,17,18);4-11,13-20H,1-3H2;3-6,11H,2H2,1H3/t10-,11-;4-,5-,6-,7-,8+,9-,10+,11-,12+;/m01./s1. The average molecular weight is 803 g/mol. The number of nitrogens with one attached hydrogen (secondary N) is 1. The van der Waals surface area contributed by atoms with Gasteiger partial charge in [-0.1, -0.05) is 30.3 Å². The Hall–Kier alpha value is -4.36. The smallest absolute Gasteiger partial charge is 0.328 e. The van der Waals surface area contributed by atoms with Gasteiger partial charge in [-0.3, -0.25) is 14.4 Å². The van der Waals surface area contributed by atoms with Gasteiger partial charge in [0.1, 0.15) is 61.7 Å². The lowest BCUT2D eigenvalue weighted by atomic mass is 9.99. The van der Waals surface area contributed by atoms with E-state index in [0.29, 0.717) is 24.2 Å². The Morgan fingerprint density at radius 3 is 2.11 bits per heavy atom. The van der Waals surface area contributed by atoms with Crippen molar-refractivity contribution in [1.29, 1.82) is 0 Å². The molecule has 0 unspecified atom stereocenters. The number of phenolic OH excluding ortho intramolecular Hbond substituents is 1. The number of phenols is 1. The SMILES string of the molecule is CCOc1cc(C=O)ccc1O.COC(=O)[C@H](Cc1ccccc1)NC(=O)[C@@H](N)CC(=O)O.OC[C@H]1O[C@@](CO)(O[C@H]2O[C@H](CO)[C@@H](O)[C@H](O)[C@H]2O)[C@@H](O)[C@@H]1O. The molecule has 2 fully saturated rings. The molecule has 2 aromatic carbocycles. The number of aliphatic hydroxyl groups is 8. The number of nitrogens with two attached hydrogens (primary N) is 1. The Kier molecular flexibility index (Phi) is 19.6. The Morgan fingerprint density at radius 1 is 0.946 bits per heavy atom. The molecule has 0 radical (unpaired) electrons. The molecule has 314 valence electrons. The molecule has 1 amide bonds. The van der Waals surface area contributed by atoms with Crippen LogP contribution in [0.25, 0.3) is 0 Å². The molecule has 2 aliphatic heterocycles. The summed E-state index contributed by atoms with van der Waals surface area (Å²) in [6.07, 6.45) is -12.2. The van der Waals surface area contributed by atoms with Crippen LogP contribution in [0.5, 0.6) is 11.5 Å². The number of amides is 1. The molecule has 4 rings (SSSR count). The second-order valence-corrected chi connectivity index (χ2v) is 12.3. The summed E-state index contributed by atoms with van der Waals surface area (Å²) in [5.74, 6) is -4.32. The fourth-order valence-electron chi connectivity index (χ4n) is 5.25. The summed E-state index contributed by atoms with van der Waals surface area (Å²) in [6.45, 7) is -0.0418. The summed E-state index contributed by atoms with van der Waals surface area (Å²) in [4.78, 5) is 44.4. The molecule has 0 aromatic heterocycles. The summed E-state index contributed by atoms with van der Waals surface area (Å²) in [5, 5.41) is 96.9. The van der Waals surface area contributed by atoms with Crippen LogP contribution in [0.4, 0.5) is 0 Å². The van der Waals surface area contributed by atoms with Gasteiger partial charge in [0.15, 0.2) is 17.8 Å². The van der Waals surface area contributed by atoms with Crippen molar-refractivity contribution >= 4 is 24.1 Å². The second-order valence-electron chi connectivity index (χ2n) is 12.3. The number of esters is 1. The third-order valence-corrected chi connectivity index (χ3v) is 8.31. The minimum absolute atomic E-state index is 0.0578. The molecule has 56 heavy (non-hydrogen) atoms. The van der Waals surface area contributed by atoms with Gasteiger partial charge in [-0.05, 0) is 30.7 Å². The molecular weight excluding hydrogens is 752 g/mol. The Balaban J connectivity index is 0.000000304. The maximum Gasteiger partial charge on any atom is 0.328 e. The molecular formula is C35H50N2O19. The third kappa shape index (κ3) is 13.1. The largest absolute Gasteiger partial charge is 0.504 e. The number of hydrogen-bond acceptors (Lipinski definition) is 19. The Labute approximate surface area is 320 Å². The number of aldehydes is 1. The lowest BCUT2D eigenvalue weighted by molar-refractivity contribution is -0.383. The third-order valence-electron chi connectivity index (χ3n) is 8.31. The first-order chi connectivity index (χ1) is 26.5. The highest BCUT2D eigenvalue weighted by atomic mass is 16.8.